The number of methoxy groups -OCH3 is 1. The molecule has 0 aliphatic heterocycles. The van der Waals surface area contributed by atoms with Crippen LogP contribution in [0, 0.1) is 0 Å². The van der Waals surface area contributed by atoms with Gasteiger partial charge in [-0.05, 0) is 44.9 Å². The molecule has 0 radical (unpaired) electrons. The van der Waals surface area contributed by atoms with Gasteiger partial charge in [-0.2, -0.15) is 0 Å². The van der Waals surface area contributed by atoms with Crippen molar-refractivity contribution in [2.75, 3.05) is 7.11 Å². The van der Waals surface area contributed by atoms with Crippen molar-refractivity contribution >= 4 is 0 Å². The minimum atomic E-state index is 0.0121. The molecule has 0 aliphatic carbocycles. The van der Waals surface area contributed by atoms with E-state index >= 15 is 0 Å². The van der Waals surface area contributed by atoms with E-state index in [0.717, 1.165) is 17.7 Å². The van der Waals surface area contributed by atoms with Gasteiger partial charge in [-0.1, -0.05) is 12.1 Å². The molecule has 0 saturated carbocycles. The number of benzene rings is 1. The van der Waals surface area contributed by atoms with Gasteiger partial charge in [0, 0.05) is 13.2 Å². The molecule has 0 aliphatic rings. The Kier molecular flexibility index (Phi) is 5.45. The third-order valence-electron chi connectivity index (χ3n) is 2.67. The molecule has 2 unspecified atom stereocenters. The maximum Gasteiger partial charge on any atom is 0.119 e. The Morgan fingerprint density at radius 1 is 1.12 bits per heavy atom. The average Bonchev–Trinajstić information content (AvgIpc) is 2.28. The topological polar surface area (TPSA) is 44.5 Å². The van der Waals surface area contributed by atoms with Crippen LogP contribution >= 0.6 is 0 Å². The molecule has 2 atom stereocenters. The van der Waals surface area contributed by atoms with Gasteiger partial charge in [-0.25, -0.2) is 0 Å². The number of hydrogen-bond donors (Lipinski definition) is 1. The Labute approximate surface area is 104 Å². The van der Waals surface area contributed by atoms with Gasteiger partial charge in [-0.3, -0.25) is 0 Å². The SMILES string of the molecule is COC(C)CC(N)c1ccc(OC(C)C)cc1. The van der Waals surface area contributed by atoms with Crippen LogP contribution in [0.1, 0.15) is 38.8 Å². The monoisotopic (exact) mass is 237 g/mol. The molecule has 0 spiro atoms. The van der Waals surface area contributed by atoms with E-state index in [1.54, 1.807) is 7.11 Å². The highest BCUT2D eigenvalue weighted by molar-refractivity contribution is 5.29. The smallest absolute Gasteiger partial charge is 0.119 e. The van der Waals surface area contributed by atoms with Gasteiger partial charge < -0.3 is 15.2 Å². The van der Waals surface area contributed by atoms with Gasteiger partial charge in [0.2, 0.25) is 0 Å². The van der Waals surface area contributed by atoms with Gasteiger partial charge in [-0.15, -0.1) is 0 Å². The first-order chi connectivity index (χ1) is 8.02. The number of ether oxygens (including phenoxy) is 2. The maximum atomic E-state index is 6.10. The van der Waals surface area contributed by atoms with Gasteiger partial charge in [0.1, 0.15) is 5.75 Å². The molecule has 0 amide bonds. The average molecular weight is 237 g/mol. The molecular formula is C14H23NO2. The molecule has 0 heterocycles. The predicted molar refractivity (Wildman–Crippen MR) is 70.2 cm³/mol. The van der Waals surface area contributed by atoms with Gasteiger partial charge in [0.15, 0.2) is 0 Å². The van der Waals surface area contributed by atoms with E-state index in [9.17, 15) is 0 Å². The highest BCUT2D eigenvalue weighted by Crippen LogP contribution is 2.20. The van der Waals surface area contributed by atoms with E-state index in [1.807, 2.05) is 45.0 Å². The lowest BCUT2D eigenvalue weighted by molar-refractivity contribution is 0.104. The Morgan fingerprint density at radius 2 is 1.71 bits per heavy atom. The first-order valence-corrected chi connectivity index (χ1v) is 6.08. The van der Waals surface area contributed by atoms with Crippen molar-refractivity contribution < 1.29 is 9.47 Å². The second kappa shape index (κ2) is 6.62. The van der Waals surface area contributed by atoms with Crippen molar-refractivity contribution in [1.82, 2.24) is 0 Å². The molecular weight excluding hydrogens is 214 g/mol. The minimum Gasteiger partial charge on any atom is -0.491 e. The molecule has 0 saturated heterocycles. The van der Waals surface area contributed by atoms with E-state index in [0.29, 0.717) is 0 Å². The van der Waals surface area contributed by atoms with E-state index in [-0.39, 0.29) is 18.2 Å². The van der Waals surface area contributed by atoms with Crippen molar-refractivity contribution in [2.24, 2.45) is 5.73 Å². The lowest BCUT2D eigenvalue weighted by Crippen LogP contribution is -2.18. The summed E-state index contributed by atoms with van der Waals surface area (Å²) in [6.45, 7) is 6.05. The Bertz CT molecular complexity index is 321. The summed E-state index contributed by atoms with van der Waals surface area (Å²) in [4.78, 5) is 0. The van der Waals surface area contributed by atoms with E-state index in [1.165, 1.54) is 0 Å². The fourth-order valence-corrected chi connectivity index (χ4v) is 1.66. The summed E-state index contributed by atoms with van der Waals surface area (Å²) in [5.74, 6) is 0.885. The van der Waals surface area contributed by atoms with Crippen molar-refractivity contribution in [3.8, 4) is 5.75 Å². The molecule has 0 bridgehead atoms. The fraction of sp³-hybridized carbons (Fsp3) is 0.571. The van der Waals surface area contributed by atoms with Crippen LogP contribution in [0.5, 0.6) is 5.75 Å². The van der Waals surface area contributed by atoms with E-state index < -0.39 is 0 Å². The first-order valence-electron chi connectivity index (χ1n) is 6.08. The third kappa shape index (κ3) is 4.75. The highest BCUT2D eigenvalue weighted by atomic mass is 16.5. The van der Waals surface area contributed by atoms with Crippen LogP contribution in [-0.2, 0) is 4.74 Å². The summed E-state index contributed by atoms with van der Waals surface area (Å²) in [7, 11) is 1.71. The van der Waals surface area contributed by atoms with Crippen LogP contribution in [0.15, 0.2) is 24.3 Å². The van der Waals surface area contributed by atoms with Crippen LogP contribution in [-0.4, -0.2) is 19.3 Å². The van der Waals surface area contributed by atoms with E-state index in [4.69, 9.17) is 15.2 Å². The first kappa shape index (κ1) is 14.0. The summed E-state index contributed by atoms with van der Waals surface area (Å²) in [6, 6.07) is 7.98. The number of hydrogen-bond acceptors (Lipinski definition) is 3. The van der Waals surface area contributed by atoms with Crippen molar-refractivity contribution in [3.63, 3.8) is 0 Å². The van der Waals surface area contributed by atoms with Crippen molar-refractivity contribution in [2.45, 2.75) is 45.4 Å². The van der Waals surface area contributed by atoms with Crippen molar-refractivity contribution in [3.05, 3.63) is 29.8 Å². The molecule has 96 valence electrons. The highest BCUT2D eigenvalue weighted by Gasteiger charge is 2.10. The molecule has 0 aromatic heterocycles. The summed E-state index contributed by atoms with van der Waals surface area (Å²) in [6.07, 6.45) is 1.19. The zero-order chi connectivity index (χ0) is 12.8. The molecule has 3 nitrogen and oxygen atoms in total. The Hall–Kier alpha value is -1.06. The van der Waals surface area contributed by atoms with Gasteiger partial charge in [0.05, 0.1) is 12.2 Å². The molecule has 2 N–H and O–H groups in total. The largest absolute Gasteiger partial charge is 0.491 e. The second-order valence-corrected chi connectivity index (χ2v) is 4.62. The lowest BCUT2D eigenvalue weighted by atomic mass is 10.0. The standard InChI is InChI=1S/C14H23NO2/c1-10(2)17-13-7-5-12(6-8-13)14(15)9-11(3)16-4/h5-8,10-11,14H,9,15H2,1-4H3. The van der Waals surface area contributed by atoms with Crippen LogP contribution in [0.2, 0.25) is 0 Å². The van der Waals surface area contributed by atoms with Gasteiger partial charge >= 0.3 is 0 Å². The van der Waals surface area contributed by atoms with Gasteiger partial charge in [0.25, 0.3) is 0 Å². The molecule has 1 rings (SSSR count). The molecule has 0 fully saturated rings. The summed E-state index contributed by atoms with van der Waals surface area (Å²) < 4.78 is 10.8. The van der Waals surface area contributed by atoms with Crippen molar-refractivity contribution in [1.29, 1.82) is 0 Å². The van der Waals surface area contributed by atoms with Crippen LogP contribution in [0.3, 0.4) is 0 Å². The molecule has 3 heteroatoms. The minimum absolute atomic E-state index is 0.0121. The molecule has 17 heavy (non-hydrogen) atoms. The second-order valence-electron chi connectivity index (χ2n) is 4.62. The fourth-order valence-electron chi connectivity index (χ4n) is 1.66. The maximum absolute atomic E-state index is 6.10. The predicted octanol–water partition coefficient (Wildman–Crippen LogP) is 2.90. The van der Waals surface area contributed by atoms with Crippen LogP contribution < -0.4 is 10.5 Å². The number of nitrogens with two attached hydrogens (primary N) is 1. The molecule has 1 aromatic carbocycles. The third-order valence-corrected chi connectivity index (χ3v) is 2.67. The zero-order valence-electron chi connectivity index (χ0n) is 11.1. The number of rotatable bonds is 6. The molecule has 1 aromatic rings. The Morgan fingerprint density at radius 3 is 2.18 bits per heavy atom. The summed E-state index contributed by atoms with van der Waals surface area (Å²) >= 11 is 0. The lowest BCUT2D eigenvalue weighted by Gasteiger charge is -2.17. The zero-order valence-corrected chi connectivity index (χ0v) is 11.1. The normalized spacial score (nSPS) is 14.7. The Balaban J connectivity index is 2.60. The van der Waals surface area contributed by atoms with Crippen LogP contribution in [0.25, 0.3) is 0 Å². The van der Waals surface area contributed by atoms with E-state index in [2.05, 4.69) is 0 Å². The quantitative estimate of drug-likeness (QED) is 0.827. The summed E-state index contributed by atoms with van der Waals surface area (Å²) in [5.41, 5.74) is 7.22. The van der Waals surface area contributed by atoms with Crippen LogP contribution in [0.4, 0.5) is 0 Å². The summed E-state index contributed by atoms with van der Waals surface area (Å²) in [5, 5.41) is 0.